The van der Waals surface area contributed by atoms with Crippen molar-refractivity contribution in [1.82, 2.24) is 9.97 Å². The summed E-state index contributed by atoms with van der Waals surface area (Å²) in [6.07, 6.45) is 1.16. The van der Waals surface area contributed by atoms with Crippen LogP contribution in [0.3, 0.4) is 0 Å². The van der Waals surface area contributed by atoms with Gasteiger partial charge in [-0.1, -0.05) is 0 Å². The summed E-state index contributed by atoms with van der Waals surface area (Å²) >= 11 is 3.80. The molecule has 0 radical (unpaired) electrons. The summed E-state index contributed by atoms with van der Waals surface area (Å²) in [4.78, 5) is 17.5. The van der Waals surface area contributed by atoms with Crippen molar-refractivity contribution < 1.29 is 9.90 Å². The van der Waals surface area contributed by atoms with Crippen LogP contribution >= 0.6 is 12.6 Å². The Hall–Kier alpha value is -1.30. The van der Waals surface area contributed by atoms with Gasteiger partial charge in [0, 0.05) is 0 Å². The number of rotatable bonds is 1. The summed E-state index contributed by atoms with van der Waals surface area (Å²) in [7, 11) is 0. The molecule has 1 aromatic heterocycles. The van der Waals surface area contributed by atoms with Crippen molar-refractivity contribution in [3.8, 4) is 0 Å². The fourth-order valence-corrected chi connectivity index (χ4v) is 0.856. The molecule has 0 aromatic carbocycles. The van der Waals surface area contributed by atoms with E-state index < -0.39 is 5.97 Å². The Morgan fingerprint density at radius 1 is 1.64 bits per heavy atom. The molecule has 0 atom stereocenters. The first-order chi connectivity index (χ1) is 5.13. The van der Waals surface area contributed by atoms with Gasteiger partial charge < -0.3 is 10.8 Å². The second-order valence-corrected chi connectivity index (χ2v) is 2.19. The standard InChI is InChI=1S/C5H5N3O2S/c6-3-2(5(9)10)4(11)8-1-7-3/h1H,(H,9,10)(H3,6,7,8,11). The van der Waals surface area contributed by atoms with E-state index in [1.165, 1.54) is 0 Å². The molecule has 6 heteroatoms. The Kier molecular flexibility index (Phi) is 1.95. The molecule has 0 fully saturated rings. The van der Waals surface area contributed by atoms with E-state index in [1.54, 1.807) is 0 Å². The summed E-state index contributed by atoms with van der Waals surface area (Å²) < 4.78 is 0. The monoisotopic (exact) mass is 171 g/mol. The minimum absolute atomic E-state index is 0.0718. The normalized spacial score (nSPS) is 9.55. The zero-order valence-electron chi connectivity index (χ0n) is 5.35. The summed E-state index contributed by atoms with van der Waals surface area (Å²) in [6.45, 7) is 0. The van der Waals surface area contributed by atoms with Crippen molar-refractivity contribution in [2.24, 2.45) is 0 Å². The number of hydrogen-bond acceptors (Lipinski definition) is 5. The zero-order chi connectivity index (χ0) is 8.43. The lowest BCUT2D eigenvalue weighted by molar-refractivity contribution is 0.0693. The van der Waals surface area contributed by atoms with Crippen molar-refractivity contribution in [3.63, 3.8) is 0 Å². The molecule has 5 nitrogen and oxygen atoms in total. The number of aromatic carboxylic acids is 1. The van der Waals surface area contributed by atoms with Crippen LogP contribution in [0.15, 0.2) is 11.4 Å². The minimum Gasteiger partial charge on any atom is -0.477 e. The van der Waals surface area contributed by atoms with Crippen molar-refractivity contribution in [2.75, 3.05) is 5.73 Å². The quantitative estimate of drug-likeness (QED) is 0.410. The highest BCUT2D eigenvalue weighted by atomic mass is 32.1. The molecule has 0 saturated heterocycles. The van der Waals surface area contributed by atoms with Crippen molar-refractivity contribution in [1.29, 1.82) is 0 Å². The molecule has 0 saturated carbocycles. The van der Waals surface area contributed by atoms with Crippen LogP contribution in [0.1, 0.15) is 10.4 Å². The Bertz CT molecular complexity index is 282. The molecule has 0 spiro atoms. The van der Waals surface area contributed by atoms with Crippen LogP contribution in [0.4, 0.5) is 5.82 Å². The lowest BCUT2D eigenvalue weighted by atomic mass is 10.3. The van der Waals surface area contributed by atoms with Gasteiger partial charge in [-0.15, -0.1) is 12.6 Å². The maximum absolute atomic E-state index is 10.4. The number of nitrogens with two attached hydrogens (primary N) is 1. The third kappa shape index (κ3) is 1.40. The van der Waals surface area contributed by atoms with Crippen LogP contribution in [0.5, 0.6) is 0 Å². The highest BCUT2D eigenvalue weighted by Crippen LogP contribution is 2.14. The number of hydrogen-bond donors (Lipinski definition) is 3. The largest absolute Gasteiger partial charge is 0.477 e. The van der Waals surface area contributed by atoms with E-state index >= 15 is 0 Å². The van der Waals surface area contributed by atoms with Gasteiger partial charge in [0.1, 0.15) is 22.7 Å². The second-order valence-electron chi connectivity index (χ2n) is 1.76. The van der Waals surface area contributed by atoms with Crippen LogP contribution in [0.2, 0.25) is 0 Å². The van der Waals surface area contributed by atoms with Crippen LogP contribution in [-0.4, -0.2) is 21.0 Å². The van der Waals surface area contributed by atoms with Gasteiger partial charge >= 0.3 is 5.97 Å². The molecule has 0 amide bonds. The average Bonchev–Trinajstić information content (AvgIpc) is 1.85. The molecule has 1 aromatic rings. The fourth-order valence-electron chi connectivity index (χ4n) is 0.595. The maximum atomic E-state index is 10.4. The molecule has 0 aliphatic rings. The van der Waals surface area contributed by atoms with Crippen LogP contribution in [0.25, 0.3) is 0 Å². The van der Waals surface area contributed by atoms with Gasteiger partial charge in [0.15, 0.2) is 0 Å². The van der Waals surface area contributed by atoms with E-state index in [9.17, 15) is 4.79 Å². The number of carboxylic acid groups (broad SMARTS) is 1. The van der Waals surface area contributed by atoms with Gasteiger partial charge in [-0.05, 0) is 0 Å². The van der Waals surface area contributed by atoms with E-state index in [2.05, 4.69) is 22.6 Å². The van der Waals surface area contributed by atoms with Crippen LogP contribution in [0, 0.1) is 0 Å². The molecule has 11 heavy (non-hydrogen) atoms. The Labute approximate surface area is 67.7 Å². The Morgan fingerprint density at radius 2 is 2.27 bits per heavy atom. The molecule has 3 N–H and O–H groups in total. The third-order valence-corrected chi connectivity index (χ3v) is 1.41. The number of carbonyl (C=O) groups is 1. The van der Waals surface area contributed by atoms with Crippen molar-refractivity contribution in [2.45, 2.75) is 5.03 Å². The molecular weight excluding hydrogens is 166 g/mol. The fraction of sp³-hybridized carbons (Fsp3) is 0. The molecule has 0 unspecified atom stereocenters. The highest BCUT2D eigenvalue weighted by molar-refractivity contribution is 7.80. The predicted octanol–water partition coefficient (Wildman–Crippen LogP) is 0.0457. The maximum Gasteiger partial charge on any atom is 0.342 e. The lowest BCUT2D eigenvalue weighted by Crippen LogP contribution is -2.06. The van der Waals surface area contributed by atoms with E-state index in [4.69, 9.17) is 10.8 Å². The summed E-state index contributed by atoms with van der Waals surface area (Å²) in [5, 5.41) is 8.61. The molecule has 0 bridgehead atoms. The number of thiol groups is 1. The van der Waals surface area contributed by atoms with E-state index in [-0.39, 0.29) is 16.4 Å². The third-order valence-electron chi connectivity index (χ3n) is 1.07. The average molecular weight is 171 g/mol. The Morgan fingerprint density at radius 3 is 2.64 bits per heavy atom. The molecule has 1 heterocycles. The first-order valence-electron chi connectivity index (χ1n) is 2.65. The van der Waals surface area contributed by atoms with Gasteiger partial charge in [-0.25, -0.2) is 14.8 Å². The number of carboxylic acids is 1. The molecule has 58 valence electrons. The van der Waals surface area contributed by atoms with Crippen LogP contribution < -0.4 is 5.73 Å². The lowest BCUT2D eigenvalue weighted by Gasteiger charge is -1.99. The highest BCUT2D eigenvalue weighted by Gasteiger charge is 2.12. The number of anilines is 1. The number of aromatic nitrogens is 2. The topological polar surface area (TPSA) is 89.1 Å². The molecule has 0 aliphatic carbocycles. The van der Waals surface area contributed by atoms with Crippen LogP contribution in [-0.2, 0) is 0 Å². The Balaban J connectivity index is 3.32. The van der Waals surface area contributed by atoms with Crippen molar-refractivity contribution in [3.05, 3.63) is 11.9 Å². The summed E-state index contributed by atoms with van der Waals surface area (Å²) in [6, 6.07) is 0. The number of nitrogen functional groups attached to an aromatic ring is 1. The van der Waals surface area contributed by atoms with E-state index in [0.29, 0.717) is 0 Å². The van der Waals surface area contributed by atoms with Gasteiger partial charge in [0.05, 0.1) is 0 Å². The van der Waals surface area contributed by atoms with Gasteiger partial charge in [0.2, 0.25) is 0 Å². The SMILES string of the molecule is Nc1ncnc(S)c1C(=O)O. The molecule has 1 rings (SSSR count). The minimum atomic E-state index is -1.17. The van der Waals surface area contributed by atoms with E-state index in [1.807, 2.05) is 0 Å². The first kappa shape index (κ1) is 7.80. The van der Waals surface area contributed by atoms with Gasteiger partial charge in [-0.2, -0.15) is 0 Å². The smallest absolute Gasteiger partial charge is 0.342 e. The van der Waals surface area contributed by atoms with Gasteiger partial charge in [0.25, 0.3) is 0 Å². The van der Waals surface area contributed by atoms with E-state index in [0.717, 1.165) is 6.33 Å². The summed E-state index contributed by atoms with van der Waals surface area (Å²) in [5.74, 6) is -1.24. The van der Waals surface area contributed by atoms with Crippen molar-refractivity contribution >= 4 is 24.4 Å². The van der Waals surface area contributed by atoms with Gasteiger partial charge in [-0.3, -0.25) is 0 Å². The molecular formula is C5H5N3O2S. The number of nitrogens with zero attached hydrogens (tertiary/aromatic N) is 2. The second kappa shape index (κ2) is 2.75. The predicted molar refractivity (Wildman–Crippen MR) is 40.7 cm³/mol. The first-order valence-corrected chi connectivity index (χ1v) is 3.10. The zero-order valence-corrected chi connectivity index (χ0v) is 6.25. The summed E-state index contributed by atoms with van der Waals surface area (Å²) in [5.41, 5.74) is 5.08. The molecule has 0 aliphatic heterocycles.